The first-order valence-electron chi connectivity index (χ1n) is 10.6. The first-order valence-corrected chi connectivity index (χ1v) is 12.2. The van der Waals surface area contributed by atoms with Crippen molar-refractivity contribution in [2.45, 2.75) is 39.1 Å². The maximum Gasteiger partial charge on any atom is 0.358 e. The monoisotopic (exact) mass is 533 g/mol. The van der Waals surface area contributed by atoms with E-state index in [4.69, 9.17) is 30.6 Å². The van der Waals surface area contributed by atoms with Crippen LogP contribution in [-0.2, 0) is 43.0 Å². The van der Waals surface area contributed by atoms with Gasteiger partial charge in [0.15, 0.2) is 0 Å². The van der Waals surface area contributed by atoms with E-state index in [-0.39, 0.29) is 18.9 Å². The number of esters is 2. The van der Waals surface area contributed by atoms with Crippen LogP contribution in [0.5, 0.6) is 0 Å². The summed E-state index contributed by atoms with van der Waals surface area (Å²) in [7, 11) is 1.44. The molecule has 0 bridgehead atoms. The molecule has 1 N–H and O–H groups in total. The van der Waals surface area contributed by atoms with E-state index < -0.39 is 64.8 Å². The number of Topliss-reactive ketones (excluding diaryl/α,β-unsaturated/α-hetero) is 1. The van der Waals surface area contributed by atoms with E-state index in [2.05, 4.69) is 10.5 Å². The topological polar surface area (TPSA) is 150 Å². The van der Waals surface area contributed by atoms with E-state index in [1.165, 1.54) is 23.8 Å². The Balaban J connectivity index is 2.15. The van der Waals surface area contributed by atoms with Crippen LogP contribution in [0, 0.1) is 5.41 Å². The Labute approximate surface area is 211 Å². The molecular formula is C21H28ClN3O9S. The Morgan fingerprint density at radius 1 is 1.23 bits per heavy atom. The summed E-state index contributed by atoms with van der Waals surface area (Å²) < 4.78 is 15.2. The average molecular weight is 534 g/mol. The van der Waals surface area contributed by atoms with Crippen molar-refractivity contribution in [1.29, 1.82) is 0 Å². The van der Waals surface area contributed by atoms with E-state index in [9.17, 15) is 24.0 Å². The van der Waals surface area contributed by atoms with Gasteiger partial charge in [0.05, 0.1) is 17.9 Å². The molecule has 2 rings (SSSR count). The number of hydrogen-bond donors (Lipinski definition) is 1. The van der Waals surface area contributed by atoms with Crippen molar-refractivity contribution >= 4 is 58.6 Å². The SMILES string of the molecule is CCO/N=C(\C(=O)CCl)C(=O)NC1C(=O)N2C(C(=O)OCOC(=O)C(C)(C)C)=C(COC)CS[C@H]12. The quantitative estimate of drug-likeness (QED) is 0.0759. The van der Waals surface area contributed by atoms with E-state index in [0.717, 1.165) is 0 Å². The van der Waals surface area contributed by atoms with Crippen LogP contribution in [0.15, 0.2) is 16.4 Å². The number of carbonyl (C=O) groups is 5. The zero-order chi connectivity index (χ0) is 26.3. The Bertz CT molecular complexity index is 945. The molecule has 194 valence electrons. The van der Waals surface area contributed by atoms with Crippen LogP contribution in [0.1, 0.15) is 27.7 Å². The van der Waals surface area contributed by atoms with Crippen molar-refractivity contribution in [3.8, 4) is 0 Å². The van der Waals surface area contributed by atoms with Gasteiger partial charge >= 0.3 is 11.9 Å². The number of β-lactam (4-membered cyclic amide) rings is 1. The molecule has 14 heteroatoms. The second-order valence-corrected chi connectivity index (χ2v) is 9.76. The van der Waals surface area contributed by atoms with Crippen molar-refractivity contribution in [2.24, 2.45) is 10.6 Å². The lowest BCUT2D eigenvalue weighted by atomic mass is 9.98. The number of thioether (sulfide) groups is 1. The number of rotatable bonds is 11. The molecule has 0 aromatic heterocycles. The predicted octanol–water partition coefficient (Wildman–Crippen LogP) is 0.577. The molecule has 0 spiro atoms. The molecule has 0 radical (unpaired) electrons. The highest BCUT2D eigenvalue weighted by Gasteiger charge is 2.54. The number of nitrogens with one attached hydrogen (secondary N) is 1. The minimum absolute atomic E-state index is 0.0436. The lowest BCUT2D eigenvalue weighted by Crippen LogP contribution is -2.71. The number of fused-ring (bicyclic) bond motifs is 1. The van der Waals surface area contributed by atoms with Gasteiger partial charge in [0.25, 0.3) is 11.8 Å². The van der Waals surface area contributed by atoms with Gasteiger partial charge < -0.3 is 24.4 Å². The number of oxime groups is 1. The molecule has 0 aromatic rings. The summed E-state index contributed by atoms with van der Waals surface area (Å²) in [5.41, 5.74) is -0.897. The number of hydrogen-bond acceptors (Lipinski definition) is 11. The maximum absolute atomic E-state index is 12.9. The molecule has 2 aliphatic heterocycles. The van der Waals surface area contributed by atoms with Crippen LogP contribution < -0.4 is 5.32 Å². The summed E-state index contributed by atoms with van der Waals surface area (Å²) in [4.78, 5) is 68.2. The molecule has 1 saturated heterocycles. The number of amides is 2. The van der Waals surface area contributed by atoms with E-state index in [1.807, 2.05) is 0 Å². The van der Waals surface area contributed by atoms with Gasteiger partial charge in [-0.05, 0) is 33.3 Å². The molecule has 1 unspecified atom stereocenters. The van der Waals surface area contributed by atoms with Crippen LogP contribution >= 0.6 is 23.4 Å². The molecule has 2 atom stereocenters. The molecule has 2 heterocycles. The summed E-state index contributed by atoms with van der Waals surface area (Å²) in [6.07, 6.45) is 0. The van der Waals surface area contributed by atoms with Crippen molar-refractivity contribution in [1.82, 2.24) is 10.2 Å². The standard InChI is InChI=1S/C21H28ClN3O9S/c1-6-34-24-13(12(26)7-22)16(27)23-14-17(28)25-15(11(8-31-5)9-35-18(14)25)19(29)32-10-33-20(30)21(2,3)4/h14,18H,6-10H2,1-5H3,(H,23,27)/b24-13+/t14?,18-/m1/s1. The van der Waals surface area contributed by atoms with Gasteiger partial charge in [-0.25, -0.2) is 4.79 Å². The lowest BCUT2D eigenvalue weighted by Gasteiger charge is -2.49. The smallest absolute Gasteiger partial charge is 0.358 e. The first-order chi connectivity index (χ1) is 16.5. The van der Waals surface area contributed by atoms with E-state index in [0.29, 0.717) is 11.3 Å². The number of nitrogens with zero attached hydrogens (tertiary/aromatic N) is 2. The third kappa shape index (κ3) is 6.73. The molecule has 35 heavy (non-hydrogen) atoms. The molecule has 0 aromatic carbocycles. The number of methoxy groups -OCH3 is 1. The van der Waals surface area contributed by atoms with Crippen molar-refractivity contribution < 1.29 is 43.0 Å². The maximum atomic E-state index is 12.9. The Kier molecular flexibility index (Phi) is 10.1. The van der Waals surface area contributed by atoms with Crippen molar-refractivity contribution in [3.05, 3.63) is 11.3 Å². The normalized spacial score (nSPS) is 20.0. The highest BCUT2D eigenvalue weighted by molar-refractivity contribution is 8.00. The molecule has 12 nitrogen and oxygen atoms in total. The molecule has 0 saturated carbocycles. The number of ketones is 1. The third-order valence-electron chi connectivity index (χ3n) is 4.72. The zero-order valence-corrected chi connectivity index (χ0v) is 21.6. The minimum Gasteiger partial charge on any atom is -0.427 e. The van der Waals surface area contributed by atoms with Crippen LogP contribution in [0.25, 0.3) is 0 Å². The summed E-state index contributed by atoms with van der Waals surface area (Å²) in [5, 5.41) is 5.30. The van der Waals surface area contributed by atoms with Crippen LogP contribution in [-0.4, -0.2) is 90.3 Å². The Morgan fingerprint density at radius 3 is 2.49 bits per heavy atom. The summed E-state index contributed by atoms with van der Waals surface area (Å²) in [5.74, 6) is -3.92. The molecule has 2 aliphatic rings. The second kappa shape index (κ2) is 12.4. The first kappa shape index (κ1) is 28.6. The molecule has 2 amide bonds. The average Bonchev–Trinajstić information content (AvgIpc) is 2.81. The highest BCUT2D eigenvalue weighted by atomic mass is 35.5. The second-order valence-electron chi connectivity index (χ2n) is 8.39. The number of halogens is 1. The van der Waals surface area contributed by atoms with E-state index in [1.54, 1.807) is 27.7 Å². The summed E-state index contributed by atoms with van der Waals surface area (Å²) in [6, 6.07) is -1.03. The van der Waals surface area contributed by atoms with Crippen molar-refractivity contribution in [2.75, 3.05) is 38.7 Å². The zero-order valence-electron chi connectivity index (χ0n) is 20.0. The molecule has 0 aliphatic carbocycles. The highest BCUT2D eigenvalue weighted by Crippen LogP contribution is 2.40. The van der Waals surface area contributed by atoms with Gasteiger partial charge in [-0.15, -0.1) is 23.4 Å². The minimum atomic E-state index is -1.03. The van der Waals surface area contributed by atoms with E-state index >= 15 is 0 Å². The van der Waals surface area contributed by atoms with Crippen LogP contribution in [0.2, 0.25) is 0 Å². The summed E-state index contributed by atoms with van der Waals surface area (Å²) in [6.45, 7) is 6.11. The molecular weight excluding hydrogens is 506 g/mol. The van der Waals surface area contributed by atoms with Gasteiger partial charge in [0, 0.05) is 12.9 Å². The Hall–Kier alpha value is -2.64. The molecule has 1 fully saturated rings. The largest absolute Gasteiger partial charge is 0.427 e. The predicted molar refractivity (Wildman–Crippen MR) is 125 cm³/mol. The summed E-state index contributed by atoms with van der Waals surface area (Å²) >= 11 is 6.82. The number of alkyl halides is 1. The fourth-order valence-electron chi connectivity index (χ4n) is 3.00. The van der Waals surface area contributed by atoms with Crippen LogP contribution in [0.4, 0.5) is 0 Å². The van der Waals surface area contributed by atoms with Crippen LogP contribution in [0.3, 0.4) is 0 Å². The van der Waals surface area contributed by atoms with Gasteiger partial charge in [-0.1, -0.05) is 5.16 Å². The van der Waals surface area contributed by atoms with Gasteiger partial charge in [-0.2, -0.15) is 0 Å². The Morgan fingerprint density at radius 2 is 1.91 bits per heavy atom. The number of ether oxygens (including phenoxy) is 3. The number of carbonyl (C=O) groups excluding carboxylic acids is 5. The fourth-order valence-corrected chi connectivity index (χ4v) is 4.45. The van der Waals surface area contributed by atoms with Gasteiger partial charge in [0.1, 0.15) is 23.7 Å². The fraction of sp³-hybridized carbons (Fsp3) is 0.619. The lowest BCUT2D eigenvalue weighted by molar-refractivity contribution is -0.173. The van der Waals surface area contributed by atoms with Gasteiger partial charge in [-0.3, -0.25) is 24.1 Å². The van der Waals surface area contributed by atoms with Crippen molar-refractivity contribution in [3.63, 3.8) is 0 Å². The van der Waals surface area contributed by atoms with Gasteiger partial charge in [0.2, 0.25) is 18.3 Å². The third-order valence-corrected chi connectivity index (χ3v) is 6.31.